The van der Waals surface area contributed by atoms with Crippen molar-refractivity contribution in [1.29, 1.82) is 0 Å². The fraction of sp³-hybridized carbons (Fsp3) is 0.542. The quantitative estimate of drug-likeness (QED) is 0.771. The Labute approximate surface area is 168 Å². The van der Waals surface area contributed by atoms with Crippen molar-refractivity contribution >= 4 is 22.4 Å². The molecule has 4 rings (SSSR count). The van der Waals surface area contributed by atoms with Crippen LogP contribution in [0.5, 0.6) is 0 Å². The number of H-pyrrole nitrogens is 1. The average Bonchev–Trinajstić information content (AvgIpc) is 3.13. The molecule has 4 nitrogen and oxygen atoms in total. The van der Waals surface area contributed by atoms with Crippen molar-refractivity contribution in [2.24, 2.45) is 5.92 Å². The number of benzene rings is 1. The second-order valence-electron chi connectivity index (χ2n) is 8.46. The van der Waals surface area contributed by atoms with Gasteiger partial charge in [-0.05, 0) is 49.1 Å². The summed E-state index contributed by atoms with van der Waals surface area (Å²) >= 11 is 0. The number of likely N-dealkylation sites (N-methyl/N-ethyl adjacent to an activating group) is 1. The summed E-state index contributed by atoms with van der Waals surface area (Å²) in [4.78, 5) is 21.4. The van der Waals surface area contributed by atoms with Gasteiger partial charge in [0.05, 0.1) is 5.92 Å². The van der Waals surface area contributed by atoms with Crippen LogP contribution in [0, 0.1) is 5.92 Å². The highest BCUT2D eigenvalue weighted by molar-refractivity contribution is 5.99. The first kappa shape index (κ1) is 19.3. The van der Waals surface area contributed by atoms with E-state index in [2.05, 4.69) is 66.2 Å². The number of rotatable bonds is 7. The summed E-state index contributed by atoms with van der Waals surface area (Å²) in [7, 11) is 2.18. The van der Waals surface area contributed by atoms with Gasteiger partial charge in [-0.2, -0.15) is 0 Å². The maximum Gasteiger partial charge on any atom is 0.230 e. The molecule has 1 aromatic heterocycles. The predicted molar refractivity (Wildman–Crippen MR) is 116 cm³/mol. The summed E-state index contributed by atoms with van der Waals surface area (Å²) in [6, 6.07) is 6.87. The number of unbranched alkanes of at least 4 members (excludes halogenated alkanes) is 2. The van der Waals surface area contributed by atoms with Crippen molar-refractivity contribution in [3.8, 4) is 0 Å². The third-order valence-electron chi connectivity index (χ3n) is 6.46. The summed E-state index contributed by atoms with van der Waals surface area (Å²) in [5.41, 5.74) is 5.26. The van der Waals surface area contributed by atoms with Gasteiger partial charge in [0.1, 0.15) is 0 Å². The molecule has 1 aliphatic carbocycles. The molecule has 0 saturated heterocycles. The molecule has 0 saturated carbocycles. The zero-order valence-corrected chi connectivity index (χ0v) is 17.5. The van der Waals surface area contributed by atoms with Crippen LogP contribution in [-0.4, -0.2) is 53.4 Å². The van der Waals surface area contributed by atoms with Crippen molar-refractivity contribution in [3.05, 3.63) is 41.6 Å². The van der Waals surface area contributed by atoms with Crippen LogP contribution in [0.15, 0.2) is 30.5 Å². The van der Waals surface area contributed by atoms with E-state index in [1.807, 2.05) is 0 Å². The summed E-state index contributed by atoms with van der Waals surface area (Å²) < 4.78 is 0. The average molecular weight is 380 g/mol. The first-order chi connectivity index (χ1) is 13.6. The molecule has 0 spiro atoms. The number of aromatic nitrogens is 1. The highest BCUT2D eigenvalue weighted by Gasteiger charge is 2.36. The van der Waals surface area contributed by atoms with Gasteiger partial charge in [0.15, 0.2) is 0 Å². The first-order valence-corrected chi connectivity index (χ1v) is 10.9. The molecule has 2 atom stereocenters. The number of nitrogens with one attached hydrogen (secondary N) is 1. The Hall–Kier alpha value is -2.07. The van der Waals surface area contributed by atoms with Gasteiger partial charge in [0.2, 0.25) is 5.91 Å². The summed E-state index contributed by atoms with van der Waals surface area (Å²) in [6.45, 7) is 6.98. The van der Waals surface area contributed by atoms with Gasteiger partial charge in [-0.3, -0.25) is 9.69 Å². The van der Waals surface area contributed by atoms with E-state index in [1.165, 1.54) is 27.6 Å². The Morgan fingerprint density at radius 3 is 2.68 bits per heavy atom. The number of hydrogen-bond donors (Lipinski definition) is 1. The number of amides is 1. The minimum atomic E-state index is -0.0410. The first-order valence-electron chi connectivity index (χ1n) is 10.9. The van der Waals surface area contributed by atoms with Crippen LogP contribution in [0.25, 0.3) is 16.5 Å². The molecule has 2 aliphatic rings. The topological polar surface area (TPSA) is 39.3 Å². The van der Waals surface area contributed by atoms with Crippen LogP contribution in [0.2, 0.25) is 0 Å². The highest BCUT2D eigenvalue weighted by Crippen LogP contribution is 2.40. The van der Waals surface area contributed by atoms with Gasteiger partial charge in [-0.1, -0.05) is 44.9 Å². The van der Waals surface area contributed by atoms with Gasteiger partial charge in [-0.25, -0.2) is 0 Å². The number of aromatic amines is 1. The maximum absolute atomic E-state index is 13.4. The fourth-order valence-corrected chi connectivity index (χ4v) is 4.87. The van der Waals surface area contributed by atoms with Crippen LogP contribution in [0.3, 0.4) is 0 Å². The molecule has 150 valence electrons. The molecule has 1 aromatic carbocycles. The van der Waals surface area contributed by atoms with E-state index in [0.29, 0.717) is 11.9 Å². The second-order valence-corrected chi connectivity index (χ2v) is 8.46. The molecular formula is C24H33N3O. The lowest BCUT2D eigenvalue weighted by atomic mass is 9.79. The van der Waals surface area contributed by atoms with Crippen molar-refractivity contribution in [2.75, 3.05) is 26.7 Å². The Balaban J connectivity index is 1.66. The molecule has 28 heavy (non-hydrogen) atoms. The molecule has 0 fully saturated rings. The van der Waals surface area contributed by atoms with Crippen LogP contribution in [-0.2, 0) is 11.2 Å². The molecule has 1 aliphatic heterocycles. The van der Waals surface area contributed by atoms with Crippen molar-refractivity contribution < 1.29 is 4.79 Å². The number of hydrogen-bond acceptors (Lipinski definition) is 2. The van der Waals surface area contributed by atoms with Gasteiger partial charge in [0.25, 0.3) is 0 Å². The SMILES string of the molecule is CCCCN(CCCC)C(=O)C1C=C2c3cccc4[nH]cc(c34)CC2N(C)C1. The lowest BCUT2D eigenvalue weighted by molar-refractivity contribution is -0.135. The van der Waals surface area contributed by atoms with E-state index in [1.54, 1.807) is 0 Å². The Bertz CT molecular complexity index is 873. The largest absolute Gasteiger partial charge is 0.361 e. The standard InChI is InChI=1S/C24H33N3O/c1-4-6-11-27(12-7-5-2)24(28)18-13-20-19-9-8-10-21-23(19)17(15-25-21)14-22(20)26(3)16-18/h8-10,13,15,18,22,25H,4-7,11-12,14,16H2,1-3H3. The number of carbonyl (C=O) groups excluding carboxylic acids is 1. The van der Waals surface area contributed by atoms with Crippen LogP contribution < -0.4 is 0 Å². The smallest absolute Gasteiger partial charge is 0.230 e. The molecule has 2 unspecified atom stereocenters. The Kier molecular flexibility index (Phi) is 5.58. The van der Waals surface area contributed by atoms with Gasteiger partial charge in [-0.15, -0.1) is 0 Å². The summed E-state index contributed by atoms with van der Waals surface area (Å²) in [5.74, 6) is 0.271. The molecule has 1 N–H and O–H groups in total. The Morgan fingerprint density at radius 2 is 1.96 bits per heavy atom. The monoisotopic (exact) mass is 379 g/mol. The fourth-order valence-electron chi connectivity index (χ4n) is 4.87. The number of fused-ring (bicyclic) bond motifs is 2. The van der Waals surface area contributed by atoms with Crippen LogP contribution in [0.4, 0.5) is 0 Å². The van der Waals surface area contributed by atoms with Crippen molar-refractivity contribution in [3.63, 3.8) is 0 Å². The zero-order chi connectivity index (χ0) is 19.7. The van der Waals surface area contributed by atoms with E-state index >= 15 is 0 Å². The predicted octanol–water partition coefficient (Wildman–Crippen LogP) is 4.47. The highest BCUT2D eigenvalue weighted by atomic mass is 16.2. The maximum atomic E-state index is 13.4. The third-order valence-corrected chi connectivity index (χ3v) is 6.46. The summed E-state index contributed by atoms with van der Waals surface area (Å²) in [6.07, 6.45) is 9.90. The van der Waals surface area contributed by atoms with E-state index in [9.17, 15) is 4.79 Å². The van der Waals surface area contributed by atoms with Crippen LogP contribution >= 0.6 is 0 Å². The minimum Gasteiger partial charge on any atom is -0.361 e. The molecule has 2 aromatic rings. The van der Waals surface area contributed by atoms with E-state index in [0.717, 1.165) is 51.7 Å². The molecule has 2 heterocycles. The normalized spacial score (nSPS) is 21.5. The summed E-state index contributed by atoms with van der Waals surface area (Å²) in [5, 5.41) is 1.35. The minimum absolute atomic E-state index is 0.0410. The number of carbonyl (C=O) groups is 1. The zero-order valence-electron chi connectivity index (χ0n) is 17.5. The van der Waals surface area contributed by atoms with Gasteiger partial charge < -0.3 is 9.88 Å². The molecule has 1 amide bonds. The van der Waals surface area contributed by atoms with E-state index in [-0.39, 0.29) is 5.92 Å². The third kappa shape index (κ3) is 3.39. The lowest BCUT2D eigenvalue weighted by Crippen LogP contribution is -2.48. The molecule has 0 radical (unpaired) electrons. The van der Waals surface area contributed by atoms with Gasteiger partial charge >= 0.3 is 0 Å². The molecule has 4 heteroatoms. The molecular weight excluding hydrogens is 346 g/mol. The van der Waals surface area contributed by atoms with Crippen molar-refractivity contribution in [2.45, 2.75) is 52.0 Å². The van der Waals surface area contributed by atoms with Crippen molar-refractivity contribution in [1.82, 2.24) is 14.8 Å². The van der Waals surface area contributed by atoms with Crippen LogP contribution in [0.1, 0.15) is 50.7 Å². The number of nitrogens with zero attached hydrogens (tertiary/aromatic N) is 2. The Morgan fingerprint density at radius 1 is 1.21 bits per heavy atom. The van der Waals surface area contributed by atoms with Gasteiger partial charge in [0, 0.05) is 42.8 Å². The van der Waals surface area contributed by atoms with E-state index < -0.39 is 0 Å². The van der Waals surface area contributed by atoms with E-state index in [4.69, 9.17) is 0 Å². The lowest BCUT2D eigenvalue weighted by Gasteiger charge is -2.40. The second kappa shape index (κ2) is 8.12. The molecule has 0 bridgehead atoms.